The van der Waals surface area contributed by atoms with Gasteiger partial charge in [0.05, 0.1) is 12.8 Å². The zero-order valence-electron chi connectivity index (χ0n) is 10.3. The van der Waals surface area contributed by atoms with Crippen LogP contribution in [0.15, 0.2) is 36.4 Å². The smallest absolute Gasteiger partial charge is 0.143 e. The average Bonchev–Trinajstić information content (AvgIpc) is 2.33. The first-order valence-electron chi connectivity index (χ1n) is 5.57. The number of hydrogen-bond acceptors (Lipinski definition) is 3. The minimum atomic E-state index is 0.685. The molecular formula is C14H15ClN2O. The minimum absolute atomic E-state index is 0.685. The molecule has 0 saturated heterocycles. The van der Waals surface area contributed by atoms with Crippen molar-refractivity contribution in [1.82, 2.24) is 0 Å². The SMILES string of the molecule is COc1cc(Cl)c(C)cc1Nc1cccc(N)c1. The summed E-state index contributed by atoms with van der Waals surface area (Å²) in [7, 11) is 1.62. The summed E-state index contributed by atoms with van der Waals surface area (Å²) in [5, 5.41) is 3.95. The molecule has 0 aromatic heterocycles. The Hall–Kier alpha value is -1.87. The van der Waals surface area contributed by atoms with Gasteiger partial charge < -0.3 is 15.8 Å². The van der Waals surface area contributed by atoms with Crippen LogP contribution in [-0.2, 0) is 0 Å². The Labute approximate surface area is 112 Å². The van der Waals surface area contributed by atoms with E-state index in [0.717, 1.165) is 16.9 Å². The summed E-state index contributed by atoms with van der Waals surface area (Å²) >= 11 is 6.07. The van der Waals surface area contributed by atoms with Crippen molar-refractivity contribution < 1.29 is 4.74 Å². The Kier molecular flexibility index (Phi) is 3.63. The molecule has 94 valence electrons. The van der Waals surface area contributed by atoms with Gasteiger partial charge in [0.15, 0.2) is 0 Å². The second-order valence-corrected chi connectivity index (χ2v) is 4.46. The summed E-state index contributed by atoms with van der Waals surface area (Å²) in [4.78, 5) is 0. The van der Waals surface area contributed by atoms with Crippen molar-refractivity contribution >= 4 is 28.7 Å². The fraction of sp³-hybridized carbons (Fsp3) is 0.143. The predicted molar refractivity (Wildman–Crippen MR) is 76.9 cm³/mol. The molecule has 0 bridgehead atoms. The molecule has 0 unspecified atom stereocenters. The van der Waals surface area contributed by atoms with Crippen molar-refractivity contribution in [3.8, 4) is 5.75 Å². The average molecular weight is 263 g/mol. The first-order valence-corrected chi connectivity index (χ1v) is 5.94. The Morgan fingerprint density at radius 3 is 2.67 bits per heavy atom. The third kappa shape index (κ3) is 2.68. The fourth-order valence-corrected chi connectivity index (χ4v) is 1.86. The second kappa shape index (κ2) is 5.19. The number of nitrogen functional groups attached to an aromatic ring is 1. The van der Waals surface area contributed by atoms with Crippen molar-refractivity contribution in [1.29, 1.82) is 0 Å². The highest BCUT2D eigenvalue weighted by Crippen LogP contribution is 2.33. The van der Waals surface area contributed by atoms with Gasteiger partial charge in [-0.1, -0.05) is 17.7 Å². The van der Waals surface area contributed by atoms with Gasteiger partial charge in [0.25, 0.3) is 0 Å². The molecule has 0 aliphatic carbocycles. The number of benzene rings is 2. The number of nitrogens with two attached hydrogens (primary N) is 1. The number of hydrogen-bond donors (Lipinski definition) is 2. The maximum absolute atomic E-state index is 6.07. The zero-order chi connectivity index (χ0) is 13.1. The Morgan fingerprint density at radius 2 is 2.00 bits per heavy atom. The first-order chi connectivity index (χ1) is 8.60. The Morgan fingerprint density at radius 1 is 1.22 bits per heavy atom. The summed E-state index contributed by atoms with van der Waals surface area (Å²) in [5.41, 5.74) is 9.22. The van der Waals surface area contributed by atoms with Crippen LogP contribution in [0.4, 0.5) is 17.1 Å². The van der Waals surface area contributed by atoms with Crippen molar-refractivity contribution in [3.05, 3.63) is 47.0 Å². The molecule has 0 spiro atoms. The van der Waals surface area contributed by atoms with Crippen LogP contribution in [0.5, 0.6) is 5.75 Å². The summed E-state index contributed by atoms with van der Waals surface area (Å²) in [6.07, 6.45) is 0. The first kappa shape index (κ1) is 12.6. The van der Waals surface area contributed by atoms with Gasteiger partial charge in [-0.25, -0.2) is 0 Å². The van der Waals surface area contributed by atoms with Crippen LogP contribution >= 0.6 is 11.6 Å². The molecule has 2 rings (SSSR count). The van der Waals surface area contributed by atoms with Crippen molar-refractivity contribution in [2.24, 2.45) is 0 Å². The number of halogens is 1. The largest absolute Gasteiger partial charge is 0.495 e. The van der Waals surface area contributed by atoms with E-state index in [0.29, 0.717) is 16.5 Å². The molecule has 3 nitrogen and oxygen atoms in total. The highest BCUT2D eigenvalue weighted by molar-refractivity contribution is 6.31. The Balaban J connectivity index is 2.36. The van der Waals surface area contributed by atoms with E-state index in [4.69, 9.17) is 22.1 Å². The summed E-state index contributed by atoms with van der Waals surface area (Å²) in [6.45, 7) is 1.95. The van der Waals surface area contributed by atoms with Gasteiger partial charge in [-0.05, 0) is 36.8 Å². The van der Waals surface area contributed by atoms with Gasteiger partial charge in [-0.15, -0.1) is 0 Å². The maximum Gasteiger partial charge on any atom is 0.143 e. The van der Waals surface area contributed by atoms with Crippen molar-refractivity contribution in [2.45, 2.75) is 6.92 Å². The van der Waals surface area contributed by atoms with Crippen LogP contribution in [0.1, 0.15) is 5.56 Å². The lowest BCUT2D eigenvalue weighted by atomic mass is 10.2. The van der Waals surface area contributed by atoms with E-state index in [-0.39, 0.29) is 0 Å². The number of ether oxygens (including phenoxy) is 1. The normalized spacial score (nSPS) is 10.2. The molecule has 18 heavy (non-hydrogen) atoms. The van der Waals surface area contributed by atoms with Gasteiger partial charge >= 0.3 is 0 Å². The topological polar surface area (TPSA) is 47.3 Å². The van der Waals surface area contributed by atoms with Gasteiger partial charge in [-0.2, -0.15) is 0 Å². The van der Waals surface area contributed by atoms with Gasteiger partial charge in [0.2, 0.25) is 0 Å². The van der Waals surface area contributed by atoms with Crippen LogP contribution < -0.4 is 15.8 Å². The molecule has 2 aromatic rings. The lowest BCUT2D eigenvalue weighted by Gasteiger charge is -2.13. The fourth-order valence-electron chi connectivity index (χ4n) is 1.70. The van der Waals surface area contributed by atoms with E-state index in [1.807, 2.05) is 37.3 Å². The van der Waals surface area contributed by atoms with E-state index in [1.165, 1.54) is 0 Å². The number of nitrogens with one attached hydrogen (secondary N) is 1. The predicted octanol–water partition coefficient (Wildman–Crippen LogP) is 3.98. The standard InChI is InChI=1S/C14H15ClN2O/c1-9-6-13(14(18-2)8-12(9)15)17-11-5-3-4-10(16)7-11/h3-8,17H,16H2,1-2H3. The quantitative estimate of drug-likeness (QED) is 0.823. The van der Waals surface area contributed by atoms with Crippen LogP contribution in [-0.4, -0.2) is 7.11 Å². The molecule has 4 heteroatoms. The highest BCUT2D eigenvalue weighted by Gasteiger charge is 2.07. The maximum atomic E-state index is 6.07. The minimum Gasteiger partial charge on any atom is -0.495 e. The number of aryl methyl sites for hydroxylation is 1. The van der Waals surface area contributed by atoms with E-state index < -0.39 is 0 Å². The third-order valence-electron chi connectivity index (χ3n) is 2.65. The van der Waals surface area contributed by atoms with Crippen molar-refractivity contribution in [3.63, 3.8) is 0 Å². The molecule has 0 heterocycles. The van der Waals surface area contributed by atoms with Crippen molar-refractivity contribution in [2.75, 3.05) is 18.2 Å². The monoisotopic (exact) mass is 262 g/mol. The molecule has 0 aliphatic rings. The number of methoxy groups -OCH3 is 1. The van der Waals surface area contributed by atoms with Crippen LogP contribution in [0.3, 0.4) is 0 Å². The van der Waals surface area contributed by atoms with Gasteiger partial charge in [-0.3, -0.25) is 0 Å². The highest BCUT2D eigenvalue weighted by atomic mass is 35.5. The molecule has 3 N–H and O–H groups in total. The number of rotatable bonds is 3. The van der Waals surface area contributed by atoms with E-state index in [1.54, 1.807) is 13.2 Å². The summed E-state index contributed by atoms with van der Waals surface area (Å²) in [5.74, 6) is 0.702. The van der Waals surface area contributed by atoms with Gasteiger partial charge in [0, 0.05) is 22.5 Å². The summed E-state index contributed by atoms with van der Waals surface area (Å²) in [6, 6.07) is 11.3. The van der Waals surface area contributed by atoms with Crippen LogP contribution in [0.2, 0.25) is 5.02 Å². The lowest BCUT2D eigenvalue weighted by Crippen LogP contribution is -1.96. The van der Waals surface area contributed by atoms with E-state index in [9.17, 15) is 0 Å². The van der Waals surface area contributed by atoms with E-state index >= 15 is 0 Å². The molecular weight excluding hydrogens is 248 g/mol. The molecule has 0 fully saturated rings. The van der Waals surface area contributed by atoms with E-state index in [2.05, 4.69) is 5.32 Å². The second-order valence-electron chi connectivity index (χ2n) is 4.05. The van der Waals surface area contributed by atoms with Gasteiger partial charge in [0.1, 0.15) is 5.75 Å². The molecule has 0 saturated carbocycles. The molecule has 2 aromatic carbocycles. The number of anilines is 3. The van der Waals surface area contributed by atoms with Crippen LogP contribution in [0, 0.1) is 6.92 Å². The zero-order valence-corrected chi connectivity index (χ0v) is 11.1. The van der Waals surface area contributed by atoms with Crippen LogP contribution in [0.25, 0.3) is 0 Å². The molecule has 0 amide bonds. The molecule has 0 radical (unpaired) electrons. The third-order valence-corrected chi connectivity index (χ3v) is 3.05. The Bertz CT molecular complexity index is 570. The summed E-state index contributed by atoms with van der Waals surface area (Å²) < 4.78 is 5.31. The lowest BCUT2D eigenvalue weighted by molar-refractivity contribution is 0.417. The molecule has 0 atom stereocenters. The molecule has 0 aliphatic heterocycles.